The van der Waals surface area contributed by atoms with Crippen molar-refractivity contribution in [3.8, 4) is 5.75 Å². The van der Waals surface area contributed by atoms with Gasteiger partial charge in [-0.3, -0.25) is 13.9 Å². The number of carbonyl (C=O) groups excluding carboxylic acids is 2. The molecule has 196 valence electrons. The van der Waals surface area contributed by atoms with Gasteiger partial charge in [-0.05, 0) is 43.5 Å². The maximum absolute atomic E-state index is 13.7. The summed E-state index contributed by atoms with van der Waals surface area (Å²) >= 11 is 6.13. The molecular weight excluding hydrogens is 502 g/mol. The van der Waals surface area contributed by atoms with E-state index in [9.17, 15) is 18.0 Å². The Balaban J connectivity index is 1.90. The maximum atomic E-state index is 13.7. The Hall–Kier alpha value is -2.78. The molecule has 0 aliphatic heterocycles. The van der Waals surface area contributed by atoms with Gasteiger partial charge in [0, 0.05) is 17.6 Å². The number of anilines is 1. The minimum atomic E-state index is -3.89. The Bertz CT molecular complexity index is 1150. The average molecular weight is 536 g/mol. The first kappa shape index (κ1) is 27.8. The summed E-state index contributed by atoms with van der Waals surface area (Å²) in [6, 6.07) is 13.1. The Morgan fingerprint density at radius 3 is 2.39 bits per heavy atom. The van der Waals surface area contributed by atoms with Crippen molar-refractivity contribution >= 4 is 39.1 Å². The lowest BCUT2D eigenvalue weighted by molar-refractivity contribution is -0.139. The molecule has 36 heavy (non-hydrogen) atoms. The van der Waals surface area contributed by atoms with Gasteiger partial charge in [0.25, 0.3) is 0 Å². The molecular formula is C26H34ClN3O5S. The standard InChI is InChI=1S/C26H34ClN3O5S/c1-19(26(32)28-22-12-8-5-9-13-22)29(17-20-10-6-4-7-11-20)25(31)18-30(36(3,33)34)23-16-21(27)14-15-24(23)35-2/h4,6-7,10-11,14-16,19,22H,5,8-9,12-13,17-18H2,1-3H3,(H,28,32)/t19-/m0/s1. The van der Waals surface area contributed by atoms with Crippen LogP contribution in [0, 0.1) is 0 Å². The Kier molecular flexibility index (Phi) is 9.62. The van der Waals surface area contributed by atoms with Gasteiger partial charge in [-0.15, -0.1) is 0 Å². The summed E-state index contributed by atoms with van der Waals surface area (Å²) in [6.45, 7) is 1.32. The number of sulfonamides is 1. The fraction of sp³-hybridized carbons (Fsp3) is 0.462. The van der Waals surface area contributed by atoms with Crippen molar-refractivity contribution in [3.63, 3.8) is 0 Å². The molecule has 0 radical (unpaired) electrons. The van der Waals surface area contributed by atoms with Gasteiger partial charge in [-0.25, -0.2) is 8.42 Å². The molecule has 1 aliphatic rings. The van der Waals surface area contributed by atoms with E-state index >= 15 is 0 Å². The van der Waals surface area contributed by atoms with E-state index in [4.69, 9.17) is 16.3 Å². The normalized spacial score (nSPS) is 15.1. The van der Waals surface area contributed by atoms with Crippen molar-refractivity contribution in [1.82, 2.24) is 10.2 Å². The highest BCUT2D eigenvalue weighted by Gasteiger charge is 2.32. The molecule has 1 saturated carbocycles. The van der Waals surface area contributed by atoms with Gasteiger partial charge < -0.3 is 15.0 Å². The zero-order valence-electron chi connectivity index (χ0n) is 20.9. The predicted octanol–water partition coefficient (Wildman–Crippen LogP) is 3.98. The fourth-order valence-corrected chi connectivity index (χ4v) is 5.40. The molecule has 1 aliphatic carbocycles. The number of ether oxygens (including phenoxy) is 1. The molecule has 1 atom stereocenters. The number of amides is 2. The lowest BCUT2D eigenvalue weighted by Crippen LogP contribution is -2.53. The van der Waals surface area contributed by atoms with Crippen LogP contribution in [0.25, 0.3) is 0 Å². The quantitative estimate of drug-likeness (QED) is 0.496. The van der Waals surface area contributed by atoms with Crippen LogP contribution in [-0.4, -0.2) is 57.1 Å². The first-order valence-electron chi connectivity index (χ1n) is 12.0. The summed E-state index contributed by atoms with van der Waals surface area (Å²) in [5.74, 6) is -0.509. The molecule has 10 heteroatoms. The van der Waals surface area contributed by atoms with Crippen molar-refractivity contribution in [3.05, 3.63) is 59.1 Å². The highest BCUT2D eigenvalue weighted by atomic mass is 35.5. The number of hydrogen-bond donors (Lipinski definition) is 1. The highest BCUT2D eigenvalue weighted by Crippen LogP contribution is 2.33. The van der Waals surface area contributed by atoms with E-state index in [1.807, 2.05) is 30.3 Å². The van der Waals surface area contributed by atoms with E-state index in [2.05, 4.69) is 5.32 Å². The third-order valence-electron chi connectivity index (χ3n) is 6.40. The van der Waals surface area contributed by atoms with Gasteiger partial charge in [-0.1, -0.05) is 61.2 Å². The molecule has 0 saturated heterocycles. The lowest BCUT2D eigenvalue weighted by Gasteiger charge is -2.33. The van der Waals surface area contributed by atoms with Crippen LogP contribution in [0.1, 0.15) is 44.6 Å². The summed E-state index contributed by atoms with van der Waals surface area (Å²) in [5.41, 5.74) is 0.981. The molecule has 0 bridgehead atoms. The topological polar surface area (TPSA) is 96.0 Å². The number of rotatable bonds is 10. The average Bonchev–Trinajstić information content (AvgIpc) is 2.85. The Morgan fingerprint density at radius 2 is 1.78 bits per heavy atom. The van der Waals surface area contributed by atoms with Gasteiger partial charge in [-0.2, -0.15) is 0 Å². The molecule has 0 unspecified atom stereocenters. The molecule has 2 aromatic rings. The molecule has 0 heterocycles. The summed E-state index contributed by atoms with van der Waals surface area (Å²) < 4.78 is 31.8. The first-order chi connectivity index (χ1) is 17.1. The molecule has 0 aromatic heterocycles. The van der Waals surface area contributed by atoms with Crippen molar-refractivity contribution in [1.29, 1.82) is 0 Å². The van der Waals surface area contributed by atoms with Gasteiger partial charge in [0.1, 0.15) is 18.3 Å². The third kappa shape index (κ3) is 7.36. The molecule has 8 nitrogen and oxygen atoms in total. The van der Waals surface area contributed by atoms with Crippen LogP contribution in [0.2, 0.25) is 5.02 Å². The number of nitrogens with zero attached hydrogens (tertiary/aromatic N) is 2. The molecule has 1 fully saturated rings. The van der Waals surface area contributed by atoms with Crippen LogP contribution in [-0.2, 0) is 26.2 Å². The van der Waals surface area contributed by atoms with Crippen molar-refractivity contribution < 1.29 is 22.7 Å². The fourth-order valence-electron chi connectivity index (χ4n) is 4.38. The predicted molar refractivity (Wildman–Crippen MR) is 142 cm³/mol. The van der Waals surface area contributed by atoms with E-state index < -0.39 is 28.5 Å². The summed E-state index contributed by atoms with van der Waals surface area (Å²) in [5, 5.41) is 3.38. The number of nitrogens with one attached hydrogen (secondary N) is 1. The van der Waals surface area contributed by atoms with Crippen LogP contribution in [0.15, 0.2) is 48.5 Å². The largest absolute Gasteiger partial charge is 0.495 e. The molecule has 2 aromatic carbocycles. The van der Waals surface area contributed by atoms with E-state index in [0.29, 0.717) is 5.02 Å². The van der Waals surface area contributed by atoms with Crippen molar-refractivity contribution in [2.45, 2.75) is 57.7 Å². The van der Waals surface area contributed by atoms with E-state index in [0.717, 1.165) is 48.2 Å². The molecule has 0 spiro atoms. The van der Waals surface area contributed by atoms with E-state index in [1.165, 1.54) is 18.1 Å². The van der Waals surface area contributed by atoms with E-state index in [-0.39, 0.29) is 29.9 Å². The summed E-state index contributed by atoms with van der Waals surface area (Å²) in [4.78, 5) is 28.3. The SMILES string of the molecule is COc1ccc(Cl)cc1N(CC(=O)N(Cc1ccccc1)[C@@H](C)C(=O)NC1CCCCC1)S(C)(=O)=O. The zero-order valence-corrected chi connectivity index (χ0v) is 22.5. The maximum Gasteiger partial charge on any atom is 0.244 e. The summed E-state index contributed by atoms with van der Waals surface area (Å²) in [6.07, 6.45) is 6.15. The van der Waals surface area contributed by atoms with Gasteiger partial charge in [0.2, 0.25) is 21.8 Å². The number of hydrogen-bond acceptors (Lipinski definition) is 5. The summed E-state index contributed by atoms with van der Waals surface area (Å²) in [7, 11) is -2.48. The van der Waals surface area contributed by atoms with E-state index in [1.54, 1.807) is 19.1 Å². The van der Waals surface area contributed by atoms with Gasteiger partial charge >= 0.3 is 0 Å². The zero-order chi connectivity index (χ0) is 26.3. The Labute approximate surface area is 218 Å². The van der Waals surface area contributed by atoms with Crippen LogP contribution < -0.4 is 14.4 Å². The third-order valence-corrected chi connectivity index (χ3v) is 7.76. The van der Waals surface area contributed by atoms with Crippen molar-refractivity contribution in [2.24, 2.45) is 0 Å². The smallest absolute Gasteiger partial charge is 0.244 e. The Morgan fingerprint density at radius 1 is 1.11 bits per heavy atom. The number of carbonyl (C=O) groups is 2. The second-order valence-corrected chi connectivity index (χ2v) is 11.5. The van der Waals surface area contributed by atoms with Crippen LogP contribution in [0.5, 0.6) is 5.75 Å². The van der Waals surface area contributed by atoms with Crippen molar-refractivity contribution in [2.75, 3.05) is 24.2 Å². The molecule has 3 rings (SSSR count). The van der Waals surface area contributed by atoms with Gasteiger partial charge in [0.15, 0.2) is 0 Å². The lowest BCUT2D eigenvalue weighted by atomic mass is 9.95. The van der Waals surface area contributed by atoms with Crippen LogP contribution in [0.4, 0.5) is 5.69 Å². The minimum absolute atomic E-state index is 0.0885. The first-order valence-corrected chi connectivity index (χ1v) is 14.3. The van der Waals surface area contributed by atoms with Crippen LogP contribution in [0.3, 0.4) is 0 Å². The second kappa shape index (κ2) is 12.5. The number of benzene rings is 2. The van der Waals surface area contributed by atoms with Gasteiger partial charge in [0.05, 0.1) is 19.1 Å². The minimum Gasteiger partial charge on any atom is -0.495 e. The van der Waals surface area contributed by atoms with Crippen LogP contribution >= 0.6 is 11.6 Å². The molecule has 1 N–H and O–H groups in total. The number of halogens is 1. The highest BCUT2D eigenvalue weighted by molar-refractivity contribution is 7.92. The monoisotopic (exact) mass is 535 g/mol. The molecule has 2 amide bonds. The number of methoxy groups -OCH3 is 1. The second-order valence-electron chi connectivity index (χ2n) is 9.11.